The van der Waals surface area contributed by atoms with Crippen molar-refractivity contribution >= 4 is 51.0 Å². The zero-order valence-electron chi connectivity index (χ0n) is 24.4. The molecule has 0 spiro atoms. The third-order valence-corrected chi connectivity index (χ3v) is 9.07. The third kappa shape index (κ3) is 4.57. The predicted molar refractivity (Wildman–Crippen MR) is 177 cm³/mol. The summed E-state index contributed by atoms with van der Waals surface area (Å²) in [5.41, 5.74) is 6.63. The summed E-state index contributed by atoms with van der Waals surface area (Å²) in [6.07, 6.45) is -2.20. The topological polar surface area (TPSA) is 129 Å². The Hall–Kier alpha value is -5.94. The summed E-state index contributed by atoms with van der Waals surface area (Å²) >= 11 is 0. The zero-order chi connectivity index (χ0) is 31.9. The van der Waals surface area contributed by atoms with Crippen LogP contribution in [0, 0.1) is 30.3 Å². The van der Waals surface area contributed by atoms with Crippen molar-refractivity contribution in [1.29, 1.82) is 0 Å². The molecule has 6 rings (SSSR count). The van der Waals surface area contributed by atoms with Crippen molar-refractivity contribution in [2.24, 2.45) is 0 Å². The van der Waals surface area contributed by atoms with E-state index in [4.69, 9.17) is 0 Å². The minimum absolute atomic E-state index is 0.0608. The van der Waals surface area contributed by atoms with Crippen LogP contribution in [0.2, 0.25) is 0 Å². The van der Waals surface area contributed by atoms with Gasteiger partial charge in [0.15, 0.2) is 0 Å². The van der Waals surface area contributed by atoms with Crippen molar-refractivity contribution < 1.29 is 14.8 Å². The molecule has 1 aliphatic rings. The van der Waals surface area contributed by atoms with Gasteiger partial charge in [-0.1, -0.05) is 84.4 Å². The summed E-state index contributed by atoms with van der Waals surface area (Å²) < 4.78 is 0.244. The first-order chi connectivity index (χ1) is 21.6. The number of non-ortho nitro benzene ring substituents is 3. The molecular weight excluding hydrogens is 571 g/mol. The Morgan fingerprint density at radius 1 is 0.511 bits per heavy atom. The normalized spacial score (nSPS) is 14.8. The quantitative estimate of drug-likeness (QED) is 0.124. The molecular formula is C34H27BN4O6. The van der Waals surface area contributed by atoms with Crippen molar-refractivity contribution in [1.82, 2.24) is 4.39 Å². The first-order valence-corrected chi connectivity index (χ1v) is 14.2. The summed E-state index contributed by atoms with van der Waals surface area (Å²) in [7, 11) is 4.13. The average Bonchev–Trinajstić information content (AvgIpc) is 3.05. The molecule has 0 bridgehead atoms. The van der Waals surface area contributed by atoms with E-state index >= 15 is 0 Å². The van der Waals surface area contributed by atoms with E-state index in [1.165, 1.54) is 36.4 Å². The van der Waals surface area contributed by atoms with Crippen LogP contribution in [-0.2, 0) is 0 Å². The summed E-state index contributed by atoms with van der Waals surface area (Å²) in [6, 6.07) is 37.2. The van der Waals surface area contributed by atoms with Gasteiger partial charge in [-0.15, -0.1) is 16.4 Å². The van der Waals surface area contributed by atoms with Crippen LogP contribution in [0.15, 0.2) is 127 Å². The van der Waals surface area contributed by atoms with Crippen molar-refractivity contribution in [3.8, 4) is 0 Å². The van der Waals surface area contributed by atoms with Gasteiger partial charge < -0.3 is 4.39 Å². The molecule has 0 saturated carbocycles. The van der Waals surface area contributed by atoms with Crippen LogP contribution < -0.4 is 15.3 Å². The number of rotatable bonds is 7. The maximum Gasteiger partial charge on any atom is 0.296 e. The summed E-state index contributed by atoms with van der Waals surface area (Å²) in [6.45, 7) is 0. The van der Waals surface area contributed by atoms with E-state index in [1.807, 2.05) is 42.5 Å². The molecule has 0 amide bonds. The van der Waals surface area contributed by atoms with Gasteiger partial charge in [-0.05, 0) is 23.3 Å². The lowest BCUT2D eigenvalue weighted by Gasteiger charge is -2.61. The minimum Gasteiger partial charge on any atom is -0.474 e. The Bertz CT molecular complexity index is 1930. The Morgan fingerprint density at radius 2 is 0.933 bits per heavy atom. The molecule has 0 aromatic heterocycles. The fourth-order valence-electron chi connectivity index (χ4n) is 7.16. The lowest BCUT2D eigenvalue weighted by atomic mass is 9.19. The molecule has 1 heterocycles. The molecule has 0 fully saturated rings. The highest BCUT2D eigenvalue weighted by molar-refractivity contribution is 7.16. The number of nitrogens with zero attached hydrogens (tertiary/aromatic N) is 4. The molecule has 0 atom stereocenters. The SMILES string of the molecule is C[N+]1(C)c2ccccc2C(c2ccccc2)=C(c2ccc([N+](=O)[O-])cc2)[B-]1(c1ccc([N+](=O)[O-])cc1)c1ccc([N+](=O)[O-])cc1. The second-order valence-electron chi connectivity index (χ2n) is 11.5. The number of quaternary nitrogens is 1. The number of benzene rings is 5. The zero-order valence-corrected chi connectivity index (χ0v) is 24.4. The van der Waals surface area contributed by atoms with Crippen LogP contribution >= 0.6 is 0 Å². The van der Waals surface area contributed by atoms with Gasteiger partial charge in [-0.25, -0.2) is 0 Å². The van der Waals surface area contributed by atoms with Crippen LogP contribution in [0.5, 0.6) is 0 Å². The molecule has 222 valence electrons. The first-order valence-electron chi connectivity index (χ1n) is 14.2. The van der Waals surface area contributed by atoms with Crippen LogP contribution in [0.1, 0.15) is 16.7 Å². The summed E-state index contributed by atoms with van der Waals surface area (Å²) in [5.74, 6) is 0. The Labute approximate surface area is 258 Å². The standard InChI is InChI=1S/C34H27BN4O6/c1-39(2)32-11-7-6-10-31(32)33(24-8-4-3-5-9-24)34(25-12-18-28(19-13-25)36(40)41)35(39,26-14-20-29(21-15-26)37(42)43)27-16-22-30(23-17-27)38(44)45/h3-23H,1-2H3. The average molecular weight is 598 g/mol. The molecule has 10 nitrogen and oxygen atoms in total. The molecule has 5 aromatic carbocycles. The third-order valence-electron chi connectivity index (χ3n) is 9.07. The number of nitro benzene ring substituents is 3. The van der Waals surface area contributed by atoms with Gasteiger partial charge in [0.25, 0.3) is 23.3 Å². The fourth-order valence-corrected chi connectivity index (χ4v) is 7.16. The number of para-hydroxylation sites is 1. The van der Waals surface area contributed by atoms with Gasteiger partial charge in [0.2, 0.25) is 0 Å². The van der Waals surface area contributed by atoms with E-state index in [-0.39, 0.29) is 21.5 Å². The number of nitro groups is 3. The van der Waals surface area contributed by atoms with Crippen molar-refractivity contribution in [3.63, 3.8) is 0 Å². The Balaban J connectivity index is 1.85. The monoisotopic (exact) mass is 598 g/mol. The lowest BCUT2D eigenvalue weighted by molar-refractivity contribution is -0.385. The van der Waals surface area contributed by atoms with E-state index < -0.39 is 21.1 Å². The highest BCUT2D eigenvalue weighted by Gasteiger charge is 2.54. The first kappa shape index (κ1) is 29.2. The predicted octanol–water partition coefficient (Wildman–Crippen LogP) is 6.25. The molecule has 0 unspecified atom stereocenters. The summed E-state index contributed by atoms with van der Waals surface area (Å²) in [4.78, 5) is 33.8. The fraction of sp³-hybridized carbons (Fsp3) is 0.0588. The number of fused-ring (bicyclic) bond motifs is 1. The maximum absolute atomic E-state index is 11.7. The Kier molecular flexibility index (Phi) is 7.10. The molecule has 0 aliphatic carbocycles. The molecule has 11 heteroatoms. The van der Waals surface area contributed by atoms with Gasteiger partial charge in [0.1, 0.15) is 0 Å². The van der Waals surface area contributed by atoms with Gasteiger partial charge in [0.05, 0.1) is 20.5 Å². The van der Waals surface area contributed by atoms with E-state index in [2.05, 4.69) is 26.2 Å². The Morgan fingerprint density at radius 3 is 1.40 bits per heavy atom. The van der Waals surface area contributed by atoms with Crippen LogP contribution in [-0.4, -0.2) is 35.1 Å². The van der Waals surface area contributed by atoms with Crippen molar-refractivity contribution in [2.75, 3.05) is 14.1 Å². The van der Waals surface area contributed by atoms with Gasteiger partial charge in [-0.3, -0.25) is 30.3 Å². The number of hydrogen-bond donors (Lipinski definition) is 0. The van der Waals surface area contributed by atoms with Crippen molar-refractivity contribution in [3.05, 3.63) is 174 Å². The number of hydrogen-bond acceptors (Lipinski definition) is 6. The van der Waals surface area contributed by atoms with Gasteiger partial charge in [0, 0.05) is 56.1 Å². The van der Waals surface area contributed by atoms with Crippen molar-refractivity contribution in [2.45, 2.75) is 0 Å². The highest BCUT2D eigenvalue weighted by Crippen LogP contribution is 2.50. The van der Waals surface area contributed by atoms with Crippen LogP contribution in [0.3, 0.4) is 0 Å². The van der Waals surface area contributed by atoms with E-state index in [0.717, 1.165) is 44.3 Å². The summed E-state index contributed by atoms with van der Waals surface area (Å²) in [5, 5.41) is 35.1. The largest absolute Gasteiger partial charge is 0.474 e. The molecule has 0 radical (unpaired) electrons. The lowest BCUT2D eigenvalue weighted by Crippen LogP contribution is -2.80. The molecule has 5 aromatic rings. The van der Waals surface area contributed by atoms with E-state index in [9.17, 15) is 30.3 Å². The van der Waals surface area contributed by atoms with E-state index in [0.29, 0.717) is 0 Å². The molecule has 0 N–H and O–H groups in total. The molecule has 45 heavy (non-hydrogen) atoms. The maximum atomic E-state index is 11.7. The molecule has 1 aliphatic heterocycles. The second kappa shape index (κ2) is 11.0. The van der Waals surface area contributed by atoms with Gasteiger partial charge in [-0.2, -0.15) is 0 Å². The van der Waals surface area contributed by atoms with E-state index in [1.54, 1.807) is 36.4 Å². The van der Waals surface area contributed by atoms with Crippen LogP contribution in [0.25, 0.3) is 11.0 Å². The van der Waals surface area contributed by atoms with Gasteiger partial charge >= 0.3 is 0 Å². The smallest absolute Gasteiger partial charge is 0.296 e. The van der Waals surface area contributed by atoms with Crippen LogP contribution in [0.4, 0.5) is 22.7 Å². The highest BCUT2D eigenvalue weighted by atomic mass is 16.6. The second-order valence-corrected chi connectivity index (χ2v) is 11.5. The minimum atomic E-state index is -2.20. The molecule has 0 saturated heterocycles.